The number of aryl methyl sites for hydroxylation is 1. The summed E-state index contributed by atoms with van der Waals surface area (Å²) >= 11 is 1.67. The second kappa shape index (κ2) is 5.14. The van der Waals surface area contributed by atoms with E-state index >= 15 is 0 Å². The molecule has 0 saturated heterocycles. The highest BCUT2D eigenvalue weighted by molar-refractivity contribution is 7.09. The third kappa shape index (κ3) is 2.62. The fourth-order valence-corrected chi connectivity index (χ4v) is 2.12. The molecule has 0 aliphatic heterocycles. The Kier molecular flexibility index (Phi) is 3.58. The van der Waals surface area contributed by atoms with Crippen molar-refractivity contribution in [1.29, 1.82) is 0 Å². The largest absolute Gasteiger partial charge is 0.311 e. The molecule has 84 valence electrons. The topological polar surface area (TPSA) is 50.7 Å². The first kappa shape index (κ1) is 11.2. The molecule has 0 bridgehead atoms. The highest BCUT2D eigenvalue weighted by Gasteiger charge is 2.12. The van der Waals surface area contributed by atoms with E-state index in [4.69, 9.17) is 0 Å². The average Bonchev–Trinajstić information content (AvgIpc) is 2.80. The molecule has 1 atom stereocenters. The van der Waals surface area contributed by atoms with E-state index in [1.807, 2.05) is 31.9 Å². The Morgan fingerprint density at radius 1 is 1.31 bits per heavy atom. The Balaban J connectivity index is 2.13. The zero-order chi connectivity index (χ0) is 11.4. The van der Waals surface area contributed by atoms with E-state index in [9.17, 15) is 0 Å². The maximum atomic E-state index is 4.39. The number of hydrogen-bond acceptors (Lipinski definition) is 5. The minimum atomic E-state index is 0.202. The van der Waals surface area contributed by atoms with Gasteiger partial charge in [-0.2, -0.15) is 0 Å². The predicted molar refractivity (Wildman–Crippen MR) is 64.4 cm³/mol. The Labute approximate surface area is 98.8 Å². The maximum Gasteiger partial charge on any atom is 0.0794 e. The summed E-state index contributed by atoms with van der Waals surface area (Å²) in [4.78, 5) is 14.0. The van der Waals surface area contributed by atoms with Gasteiger partial charge in [-0.15, -0.1) is 11.3 Å². The van der Waals surface area contributed by atoms with Crippen molar-refractivity contribution < 1.29 is 0 Å². The molecule has 1 unspecified atom stereocenters. The molecule has 2 aromatic rings. The Bertz CT molecular complexity index is 424. The van der Waals surface area contributed by atoms with Gasteiger partial charge in [0.05, 0.1) is 29.1 Å². The lowest BCUT2D eigenvalue weighted by atomic mass is 10.1. The number of nitrogens with one attached hydrogen (secondary N) is 1. The zero-order valence-electron chi connectivity index (χ0n) is 9.34. The molecule has 0 aromatic carbocycles. The van der Waals surface area contributed by atoms with Gasteiger partial charge >= 0.3 is 0 Å². The highest BCUT2D eigenvalue weighted by atomic mass is 32.1. The second-order valence-electron chi connectivity index (χ2n) is 3.60. The predicted octanol–water partition coefficient (Wildman–Crippen LogP) is 1.74. The average molecular weight is 234 g/mol. The van der Waals surface area contributed by atoms with Crippen LogP contribution in [0.5, 0.6) is 0 Å². The summed E-state index contributed by atoms with van der Waals surface area (Å²) in [5.74, 6) is 0. The lowest BCUT2D eigenvalue weighted by molar-refractivity contribution is 0.576. The quantitative estimate of drug-likeness (QED) is 0.875. The molecule has 2 heterocycles. The number of thiazole rings is 1. The third-order valence-electron chi connectivity index (χ3n) is 2.40. The molecule has 0 fully saturated rings. The van der Waals surface area contributed by atoms with E-state index in [0.717, 1.165) is 17.8 Å². The molecule has 0 spiro atoms. The highest BCUT2D eigenvalue weighted by Crippen LogP contribution is 2.17. The first-order chi connectivity index (χ1) is 7.79. The minimum absolute atomic E-state index is 0.202. The molecular formula is C11H14N4S. The Morgan fingerprint density at radius 2 is 2.19 bits per heavy atom. The summed E-state index contributed by atoms with van der Waals surface area (Å²) in [5.41, 5.74) is 3.76. The fourth-order valence-electron chi connectivity index (χ4n) is 1.48. The monoisotopic (exact) mass is 234 g/mol. The van der Waals surface area contributed by atoms with Crippen LogP contribution in [-0.4, -0.2) is 22.0 Å². The molecule has 0 radical (unpaired) electrons. The van der Waals surface area contributed by atoms with Gasteiger partial charge in [0.1, 0.15) is 0 Å². The minimum Gasteiger partial charge on any atom is -0.311 e. The first-order valence-corrected chi connectivity index (χ1v) is 6.00. The molecule has 2 rings (SSSR count). The van der Waals surface area contributed by atoms with Crippen molar-refractivity contribution in [2.24, 2.45) is 0 Å². The van der Waals surface area contributed by atoms with Crippen LogP contribution in [0.4, 0.5) is 0 Å². The van der Waals surface area contributed by atoms with Crippen LogP contribution in [-0.2, 0) is 6.42 Å². The summed E-state index contributed by atoms with van der Waals surface area (Å²) < 4.78 is 0. The fraction of sp³-hybridized carbons (Fsp3) is 0.364. The molecule has 4 nitrogen and oxygen atoms in total. The van der Waals surface area contributed by atoms with Gasteiger partial charge in [0.2, 0.25) is 0 Å². The SMILES string of the molecule is CNC(Cc1cncs1)c1cnc(C)cn1. The molecule has 0 aliphatic rings. The van der Waals surface area contributed by atoms with Crippen LogP contribution in [0.15, 0.2) is 24.1 Å². The van der Waals surface area contributed by atoms with Gasteiger partial charge < -0.3 is 5.32 Å². The standard InChI is InChI=1S/C11H14N4S/c1-8-4-15-11(6-14-8)10(12-2)3-9-5-13-7-16-9/h4-7,10,12H,3H2,1-2H3. The molecule has 0 amide bonds. The van der Waals surface area contributed by atoms with Gasteiger partial charge in [-0.05, 0) is 14.0 Å². The number of rotatable bonds is 4. The van der Waals surface area contributed by atoms with Gasteiger partial charge in [0, 0.05) is 23.7 Å². The number of likely N-dealkylation sites (N-methyl/N-ethyl adjacent to an activating group) is 1. The van der Waals surface area contributed by atoms with Crippen LogP contribution < -0.4 is 5.32 Å². The summed E-state index contributed by atoms with van der Waals surface area (Å²) in [6, 6.07) is 0.202. The van der Waals surface area contributed by atoms with Crippen molar-refractivity contribution >= 4 is 11.3 Å². The van der Waals surface area contributed by atoms with E-state index in [0.29, 0.717) is 0 Å². The van der Waals surface area contributed by atoms with Gasteiger partial charge in [-0.1, -0.05) is 0 Å². The van der Waals surface area contributed by atoms with Crippen molar-refractivity contribution in [3.05, 3.63) is 40.4 Å². The molecule has 1 N–H and O–H groups in total. The van der Waals surface area contributed by atoms with Crippen LogP contribution in [0.25, 0.3) is 0 Å². The Hall–Kier alpha value is -1.33. The van der Waals surface area contributed by atoms with Crippen LogP contribution >= 0.6 is 11.3 Å². The van der Waals surface area contributed by atoms with Crippen LogP contribution in [0.2, 0.25) is 0 Å². The van der Waals surface area contributed by atoms with Crippen LogP contribution in [0.1, 0.15) is 22.3 Å². The molecule has 16 heavy (non-hydrogen) atoms. The number of hydrogen-bond donors (Lipinski definition) is 1. The molecule has 0 saturated carbocycles. The van der Waals surface area contributed by atoms with E-state index in [-0.39, 0.29) is 6.04 Å². The molecular weight excluding hydrogens is 220 g/mol. The maximum absolute atomic E-state index is 4.39. The van der Waals surface area contributed by atoms with Gasteiger partial charge in [0.15, 0.2) is 0 Å². The third-order valence-corrected chi connectivity index (χ3v) is 3.20. The van der Waals surface area contributed by atoms with Crippen molar-refractivity contribution in [3.8, 4) is 0 Å². The van der Waals surface area contributed by atoms with Crippen LogP contribution in [0, 0.1) is 6.92 Å². The van der Waals surface area contributed by atoms with E-state index in [1.54, 1.807) is 17.5 Å². The Morgan fingerprint density at radius 3 is 2.75 bits per heavy atom. The lowest BCUT2D eigenvalue weighted by Gasteiger charge is -2.13. The van der Waals surface area contributed by atoms with E-state index in [2.05, 4.69) is 20.3 Å². The lowest BCUT2D eigenvalue weighted by Crippen LogP contribution is -2.19. The van der Waals surface area contributed by atoms with Crippen molar-refractivity contribution in [2.45, 2.75) is 19.4 Å². The summed E-state index contributed by atoms with van der Waals surface area (Å²) in [7, 11) is 1.94. The normalized spacial score (nSPS) is 12.6. The summed E-state index contributed by atoms with van der Waals surface area (Å²) in [6.45, 7) is 1.94. The van der Waals surface area contributed by atoms with Gasteiger partial charge in [0.25, 0.3) is 0 Å². The molecule has 0 aliphatic carbocycles. The van der Waals surface area contributed by atoms with Crippen molar-refractivity contribution in [2.75, 3.05) is 7.05 Å². The summed E-state index contributed by atoms with van der Waals surface area (Å²) in [6.07, 6.45) is 6.43. The molecule has 5 heteroatoms. The van der Waals surface area contributed by atoms with Crippen LogP contribution in [0.3, 0.4) is 0 Å². The van der Waals surface area contributed by atoms with Crippen molar-refractivity contribution in [3.63, 3.8) is 0 Å². The van der Waals surface area contributed by atoms with Crippen molar-refractivity contribution in [1.82, 2.24) is 20.3 Å². The second-order valence-corrected chi connectivity index (χ2v) is 4.57. The number of nitrogens with zero attached hydrogens (tertiary/aromatic N) is 3. The van der Waals surface area contributed by atoms with Gasteiger partial charge in [-0.25, -0.2) is 0 Å². The summed E-state index contributed by atoms with van der Waals surface area (Å²) in [5, 5.41) is 3.25. The van der Waals surface area contributed by atoms with Gasteiger partial charge in [-0.3, -0.25) is 15.0 Å². The van der Waals surface area contributed by atoms with E-state index in [1.165, 1.54) is 4.88 Å². The smallest absolute Gasteiger partial charge is 0.0794 e. The molecule has 2 aromatic heterocycles. The van der Waals surface area contributed by atoms with E-state index < -0.39 is 0 Å². The first-order valence-electron chi connectivity index (χ1n) is 5.13. The number of aromatic nitrogens is 3. The zero-order valence-corrected chi connectivity index (χ0v) is 10.2.